The van der Waals surface area contributed by atoms with E-state index >= 15 is 0 Å². The third kappa shape index (κ3) is 4.26. The van der Waals surface area contributed by atoms with Gasteiger partial charge in [0.15, 0.2) is 0 Å². The number of para-hydroxylation sites is 1. The summed E-state index contributed by atoms with van der Waals surface area (Å²) in [6, 6.07) is 57.1. The fraction of sp³-hybridized carbons (Fsp3) is 0. The number of thiazole rings is 1. The van der Waals surface area contributed by atoms with Gasteiger partial charge < -0.3 is 4.57 Å². The molecule has 10 rings (SSSR count). The molecule has 0 aliphatic carbocycles. The molecule has 0 saturated heterocycles. The molecule has 2 nitrogen and oxygen atoms in total. The second-order valence-corrected chi connectivity index (χ2v) is 14.1. The van der Waals surface area contributed by atoms with Crippen LogP contribution in [0.5, 0.6) is 0 Å². The molecule has 10 aromatic rings. The molecule has 0 amide bonds. The third-order valence-corrected chi connectivity index (χ3v) is 11.5. The van der Waals surface area contributed by atoms with E-state index in [1.165, 1.54) is 68.9 Å². The van der Waals surface area contributed by atoms with E-state index < -0.39 is 0 Å². The highest BCUT2D eigenvalue weighted by Crippen LogP contribution is 2.42. The van der Waals surface area contributed by atoms with Gasteiger partial charge in [-0.15, -0.1) is 22.7 Å². The van der Waals surface area contributed by atoms with Crippen LogP contribution in [0.15, 0.2) is 158 Å². The minimum atomic E-state index is 1.06. The molecule has 220 valence electrons. The summed E-state index contributed by atoms with van der Waals surface area (Å²) < 4.78 is 6.23. The minimum Gasteiger partial charge on any atom is -0.309 e. The third-order valence-electron chi connectivity index (χ3n) is 9.27. The molecule has 0 spiro atoms. The summed E-state index contributed by atoms with van der Waals surface area (Å²) >= 11 is 3.62. The average Bonchev–Trinajstić information content (AvgIpc) is 3.84. The zero-order valence-corrected chi connectivity index (χ0v) is 26.9. The second-order valence-electron chi connectivity index (χ2n) is 12.0. The Bertz CT molecular complexity index is 2770. The molecule has 0 atom stereocenters. The van der Waals surface area contributed by atoms with Crippen molar-refractivity contribution < 1.29 is 0 Å². The Balaban J connectivity index is 1.03. The van der Waals surface area contributed by atoms with Crippen LogP contribution in [0.4, 0.5) is 0 Å². The van der Waals surface area contributed by atoms with Gasteiger partial charge in [-0.05, 0) is 70.8 Å². The number of thiophene rings is 1. The highest BCUT2D eigenvalue weighted by atomic mass is 32.1. The predicted octanol–water partition coefficient (Wildman–Crippen LogP) is 12.8. The quantitative estimate of drug-likeness (QED) is 0.188. The van der Waals surface area contributed by atoms with Crippen LogP contribution >= 0.6 is 22.7 Å². The van der Waals surface area contributed by atoms with Gasteiger partial charge in [0.25, 0.3) is 0 Å². The summed E-state index contributed by atoms with van der Waals surface area (Å²) in [6.07, 6.45) is 0. The van der Waals surface area contributed by atoms with Crippen LogP contribution in [0.1, 0.15) is 0 Å². The Morgan fingerprint density at radius 1 is 0.404 bits per heavy atom. The minimum absolute atomic E-state index is 1.06. The molecule has 0 saturated carbocycles. The summed E-state index contributed by atoms with van der Waals surface area (Å²) in [5.41, 5.74) is 10.7. The van der Waals surface area contributed by atoms with Crippen LogP contribution in [0.25, 0.3) is 90.7 Å². The van der Waals surface area contributed by atoms with E-state index in [-0.39, 0.29) is 0 Å². The van der Waals surface area contributed by atoms with Crippen LogP contribution in [0, 0.1) is 0 Å². The molecule has 47 heavy (non-hydrogen) atoms. The van der Waals surface area contributed by atoms with E-state index in [2.05, 4.69) is 162 Å². The van der Waals surface area contributed by atoms with E-state index in [1.54, 1.807) is 11.3 Å². The fourth-order valence-corrected chi connectivity index (χ4v) is 9.08. The average molecular weight is 635 g/mol. The summed E-state index contributed by atoms with van der Waals surface area (Å²) in [5, 5.41) is 6.15. The number of rotatable bonds is 4. The number of hydrogen-bond acceptors (Lipinski definition) is 3. The standard InChI is InChI=1S/C43H26N2S2/c1-2-8-27(9-3-1)28-18-21-32(22-19-28)45-36-12-6-4-10-33(36)35-26-31(20-23-37(35)45)29-14-16-30(17-15-29)43-44-42-40(47-43)25-24-39-41(42)34-11-5-7-13-38(34)46-39/h1-26H. The monoisotopic (exact) mass is 634 g/mol. The van der Waals surface area contributed by atoms with Crippen LogP contribution in [-0.2, 0) is 0 Å². The Morgan fingerprint density at radius 3 is 1.87 bits per heavy atom. The molecule has 0 radical (unpaired) electrons. The maximum atomic E-state index is 5.19. The molecule has 0 aliphatic heterocycles. The SMILES string of the molecule is c1ccc(-c2ccc(-n3c4ccccc4c4cc(-c5ccc(-c6nc7c(ccc8sc9ccccc9c87)s6)cc5)ccc43)cc2)cc1. The first-order valence-electron chi connectivity index (χ1n) is 15.8. The highest BCUT2D eigenvalue weighted by molar-refractivity contribution is 7.26. The molecule has 0 fully saturated rings. The Morgan fingerprint density at radius 2 is 1.02 bits per heavy atom. The van der Waals surface area contributed by atoms with Crippen molar-refractivity contribution in [1.29, 1.82) is 0 Å². The Labute approximate surface area is 279 Å². The number of benzene rings is 7. The van der Waals surface area contributed by atoms with Gasteiger partial charge in [0.05, 0.1) is 21.3 Å². The zero-order valence-electron chi connectivity index (χ0n) is 25.2. The van der Waals surface area contributed by atoms with Gasteiger partial charge in [-0.1, -0.05) is 109 Å². The van der Waals surface area contributed by atoms with Crippen molar-refractivity contribution >= 4 is 74.9 Å². The van der Waals surface area contributed by atoms with E-state index in [0.29, 0.717) is 0 Å². The van der Waals surface area contributed by atoms with Crippen molar-refractivity contribution in [3.05, 3.63) is 158 Å². The van der Waals surface area contributed by atoms with Gasteiger partial charge in [0.1, 0.15) is 5.01 Å². The van der Waals surface area contributed by atoms with E-state index in [4.69, 9.17) is 4.98 Å². The smallest absolute Gasteiger partial charge is 0.124 e. The predicted molar refractivity (Wildman–Crippen MR) is 203 cm³/mol. The lowest BCUT2D eigenvalue weighted by Crippen LogP contribution is -1.93. The Kier molecular flexibility index (Phi) is 5.95. The first-order valence-corrected chi connectivity index (χ1v) is 17.4. The normalized spacial score (nSPS) is 11.8. The van der Waals surface area contributed by atoms with Gasteiger partial charge in [-0.3, -0.25) is 0 Å². The van der Waals surface area contributed by atoms with Gasteiger partial charge >= 0.3 is 0 Å². The van der Waals surface area contributed by atoms with Gasteiger partial charge in [-0.2, -0.15) is 0 Å². The van der Waals surface area contributed by atoms with Crippen molar-refractivity contribution in [2.75, 3.05) is 0 Å². The summed E-state index contributed by atoms with van der Waals surface area (Å²) in [6.45, 7) is 0. The molecule has 4 heteroatoms. The van der Waals surface area contributed by atoms with Crippen molar-refractivity contribution in [3.63, 3.8) is 0 Å². The van der Waals surface area contributed by atoms with Crippen molar-refractivity contribution in [2.45, 2.75) is 0 Å². The molecular formula is C43H26N2S2. The summed E-state index contributed by atoms with van der Waals surface area (Å²) in [7, 11) is 0. The molecule has 0 N–H and O–H groups in total. The molecule has 7 aromatic carbocycles. The first kappa shape index (κ1) is 26.6. The zero-order chi connectivity index (χ0) is 30.9. The van der Waals surface area contributed by atoms with E-state index in [0.717, 1.165) is 21.8 Å². The van der Waals surface area contributed by atoms with Crippen LogP contribution < -0.4 is 0 Å². The lowest BCUT2D eigenvalue weighted by atomic mass is 10.0. The van der Waals surface area contributed by atoms with Crippen LogP contribution in [0.2, 0.25) is 0 Å². The highest BCUT2D eigenvalue weighted by Gasteiger charge is 2.16. The molecule has 0 aliphatic rings. The van der Waals surface area contributed by atoms with Gasteiger partial charge in [0.2, 0.25) is 0 Å². The molecular weight excluding hydrogens is 609 g/mol. The lowest BCUT2D eigenvalue weighted by Gasteiger charge is -2.10. The van der Waals surface area contributed by atoms with Gasteiger partial charge in [0, 0.05) is 42.2 Å². The number of hydrogen-bond donors (Lipinski definition) is 0. The largest absolute Gasteiger partial charge is 0.309 e. The maximum Gasteiger partial charge on any atom is 0.124 e. The van der Waals surface area contributed by atoms with Crippen LogP contribution in [-0.4, -0.2) is 9.55 Å². The second kappa shape index (κ2) is 10.5. The lowest BCUT2D eigenvalue weighted by molar-refractivity contribution is 1.18. The number of nitrogens with zero attached hydrogens (tertiary/aromatic N) is 2. The molecule has 0 unspecified atom stereocenters. The number of fused-ring (bicyclic) bond motifs is 8. The fourth-order valence-electron chi connectivity index (χ4n) is 6.99. The summed E-state index contributed by atoms with van der Waals surface area (Å²) in [5.74, 6) is 0. The van der Waals surface area contributed by atoms with Crippen molar-refractivity contribution in [1.82, 2.24) is 9.55 Å². The topological polar surface area (TPSA) is 17.8 Å². The van der Waals surface area contributed by atoms with Crippen molar-refractivity contribution in [2.24, 2.45) is 0 Å². The summed E-state index contributed by atoms with van der Waals surface area (Å²) in [4.78, 5) is 5.19. The maximum absolute atomic E-state index is 5.19. The van der Waals surface area contributed by atoms with E-state index in [9.17, 15) is 0 Å². The van der Waals surface area contributed by atoms with Crippen LogP contribution in [0.3, 0.4) is 0 Å². The van der Waals surface area contributed by atoms with E-state index in [1.807, 2.05) is 11.3 Å². The number of aromatic nitrogens is 2. The first-order chi connectivity index (χ1) is 23.3. The molecule has 3 aromatic heterocycles. The Hall–Kier alpha value is -5.55. The molecule has 0 bridgehead atoms. The van der Waals surface area contributed by atoms with Crippen molar-refractivity contribution in [3.8, 4) is 38.5 Å². The molecule has 3 heterocycles. The van der Waals surface area contributed by atoms with Gasteiger partial charge in [-0.25, -0.2) is 4.98 Å².